The molecule has 9 rings (SSSR count). The van der Waals surface area contributed by atoms with Crippen molar-refractivity contribution in [3.63, 3.8) is 0 Å². The molecular formula is C43H35B3N2. The molecule has 226 valence electrons. The molecule has 48 heavy (non-hydrogen) atoms. The molecule has 0 bridgehead atoms. The van der Waals surface area contributed by atoms with Gasteiger partial charge in [0, 0.05) is 11.1 Å². The number of para-hydroxylation sites is 2. The summed E-state index contributed by atoms with van der Waals surface area (Å²) in [5.41, 5.74) is 13.8. The predicted molar refractivity (Wildman–Crippen MR) is 212 cm³/mol. The van der Waals surface area contributed by atoms with Crippen LogP contribution >= 0.6 is 0 Å². The van der Waals surface area contributed by atoms with Crippen LogP contribution < -0.4 is 0 Å². The highest BCUT2D eigenvalue weighted by molar-refractivity contribution is 6.58. The van der Waals surface area contributed by atoms with Gasteiger partial charge in [0.1, 0.15) is 0 Å². The lowest BCUT2D eigenvalue weighted by molar-refractivity contribution is 0.660. The topological polar surface area (TPSA) is 17.8 Å². The van der Waals surface area contributed by atoms with Crippen molar-refractivity contribution in [2.24, 2.45) is 0 Å². The SMILES string of the molecule is BC(B)(B)c1nc2ccccc2n1-c1ccc(-c2c3ccccc3c(-c3ccc4c(c3)C(C)(C)c3ccccc3-4)c3ccccc23)cc1. The average Bonchev–Trinajstić information content (AvgIpc) is 3.61. The van der Waals surface area contributed by atoms with Gasteiger partial charge < -0.3 is 0 Å². The van der Waals surface area contributed by atoms with Gasteiger partial charge in [-0.3, -0.25) is 4.57 Å². The number of nitrogens with zero attached hydrogens (tertiary/aromatic N) is 2. The van der Waals surface area contributed by atoms with E-state index in [0.29, 0.717) is 0 Å². The van der Waals surface area contributed by atoms with Gasteiger partial charge in [-0.05, 0) is 96.4 Å². The van der Waals surface area contributed by atoms with Gasteiger partial charge in [-0.2, -0.15) is 0 Å². The number of hydrogen-bond donors (Lipinski definition) is 0. The minimum absolute atomic E-state index is 0.0529. The van der Waals surface area contributed by atoms with Gasteiger partial charge in [0.15, 0.2) is 0 Å². The highest BCUT2D eigenvalue weighted by Crippen LogP contribution is 2.51. The largest absolute Gasteiger partial charge is 0.298 e. The first-order chi connectivity index (χ1) is 23.2. The van der Waals surface area contributed by atoms with Gasteiger partial charge in [-0.1, -0.05) is 128 Å². The van der Waals surface area contributed by atoms with Crippen LogP contribution in [0.3, 0.4) is 0 Å². The Bertz CT molecular complexity index is 2520. The first-order valence-corrected chi connectivity index (χ1v) is 17.0. The molecule has 0 saturated carbocycles. The van der Waals surface area contributed by atoms with Crippen LogP contribution in [0.2, 0.25) is 0 Å². The zero-order chi connectivity index (χ0) is 32.8. The van der Waals surface area contributed by atoms with Gasteiger partial charge >= 0.3 is 0 Å². The molecular weight excluding hydrogens is 577 g/mol. The van der Waals surface area contributed by atoms with E-state index in [-0.39, 0.29) is 10.5 Å². The molecule has 1 aliphatic rings. The molecule has 0 saturated heterocycles. The molecule has 7 aromatic carbocycles. The van der Waals surface area contributed by atoms with Crippen LogP contribution in [0.5, 0.6) is 0 Å². The van der Waals surface area contributed by atoms with Crippen molar-refractivity contribution in [3.05, 3.63) is 156 Å². The van der Waals surface area contributed by atoms with E-state index in [9.17, 15) is 0 Å². The standard InChI is InChI=1S/C43H35B3N2/c1-42(2)35-16-8-7-11-29(35)30-24-21-27(25-36(30)42)40-33-14-5-3-12-31(33)39(32-13-4-6-15-34(32)40)26-19-22-28(23-20-26)48-38-18-10-9-17-37(38)47-41(48)43(44,45)46/h3-25H,44-46H2,1-2H3. The quantitative estimate of drug-likeness (QED) is 0.146. The minimum atomic E-state index is -0.102. The molecule has 1 aromatic heterocycles. The second-order valence-corrected chi connectivity index (χ2v) is 14.8. The van der Waals surface area contributed by atoms with E-state index in [1.807, 2.05) is 0 Å². The Hall–Kier alpha value is -5.28. The molecule has 0 spiro atoms. The van der Waals surface area contributed by atoms with Crippen molar-refractivity contribution < 1.29 is 0 Å². The summed E-state index contributed by atoms with van der Waals surface area (Å²) in [5.74, 6) is 1.07. The molecule has 2 nitrogen and oxygen atoms in total. The van der Waals surface area contributed by atoms with Crippen LogP contribution in [0, 0.1) is 0 Å². The summed E-state index contributed by atoms with van der Waals surface area (Å²) in [6.07, 6.45) is 0. The third-order valence-electron chi connectivity index (χ3n) is 10.4. The van der Waals surface area contributed by atoms with E-state index < -0.39 is 0 Å². The number of benzene rings is 7. The van der Waals surface area contributed by atoms with Gasteiger partial charge in [0.05, 0.1) is 40.4 Å². The molecule has 0 amide bonds. The Balaban J connectivity index is 1.24. The molecule has 1 aliphatic carbocycles. The summed E-state index contributed by atoms with van der Waals surface area (Å²) in [4.78, 5) is 5.07. The lowest BCUT2D eigenvalue weighted by Gasteiger charge is -2.23. The summed E-state index contributed by atoms with van der Waals surface area (Å²) in [6, 6.07) is 51.5. The van der Waals surface area contributed by atoms with Crippen LogP contribution in [0.15, 0.2) is 140 Å². The van der Waals surface area contributed by atoms with Crippen LogP contribution in [0.25, 0.3) is 71.6 Å². The fourth-order valence-electron chi connectivity index (χ4n) is 8.18. The Morgan fingerprint density at radius 2 is 1.06 bits per heavy atom. The third kappa shape index (κ3) is 4.20. The first kappa shape index (κ1) is 28.9. The molecule has 0 N–H and O–H groups in total. The van der Waals surface area contributed by atoms with Gasteiger partial charge in [-0.25, -0.2) is 4.98 Å². The Morgan fingerprint density at radius 3 is 1.71 bits per heavy atom. The van der Waals surface area contributed by atoms with E-state index in [4.69, 9.17) is 4.98 Å². The Labute approximate surface area is 284 Å². The van der Waals surface area contributed by atoms with Crippen molar-refractivity contribution in [1.82, 2.24) is 9.55 Å². The molecule has 0 fully saturated rings. The average molecular weight is 612 g/mol. The maximum Gasteiger partial charge on any atom is 0.0994 e. The van der Waals surface area contributed by atoms with E-state index in [1.165, 1.54) is 66.1 Å². The van der Waals surface area contributed by atoms with E-state index in [1.54, 1.807) is 0 Å². The summed E-state index contributed by atoms with van der Waals surface area (Å²) >= 11 is 0. The van der Waals surface area contributed by atoms with Gasteiger partial charge in [-0.15, -0.1) is 0 Å². The van der Waals surface area contributed by atoms with Gasteiger partial charge in [0.2, 0.25) is 0 Å². The molecule has 0 aliphatic heterocycles. The maximum absolute atomic E-state index is 5.07. The summed E-state index contributed by atoms with van der Waals surface area (Å²) in [5, 5.41) is 4.99. The van der Waals surface area contributed by atoms with E-state index in [2.05, 4.69) is 181 Å². The monoisotopic (exact) mass is 612 g/mol. The first-order valence-electron chi connectivity index (χ1n) is 17.0. The van der Waals surface area contributed by atoms with Crippen molar-refractivity contribution in [3.8, 4) is 39.1 Å². The number of imidazole rings is 1. The van der Waals surface area contributed by atoms with Crippen LogP contribution in [-0.2, 0) is 10.5 Å². The van der Waals surface area contributed by atoms with Gasteiger partial charge in [0.25, 0.3) is 0 Å². The molecule has 5 heteroatoms. The molecule has 8 aromatic rings. The fourth-order valence-corrected chi connectivity index (χ4v) is 8.18. The zero-order valence-corrected chi connectivity index (χ0v) is 28.2. The Kier molecular flexibility index (Phi) is 6.24. The lowest BCUT2D eigenvalue weighted by atomic mass is 9.42. The van der Waals surface area contributed by atoms with Crippen molar-refractivity contribution >= 4 is 56.1 Å². The normalized spacial score (nSPS) is 13.6. The second-order valence-electron chi connectivity index (χ2n) is 14.8. The summed E-state index contributed by atoms with van der Waals surface area (Å²) in [7, 11) is 6.71. The molecule has 0 atom stereocenters. The maximum atomic E-state index is 5.07. The second kappa shape index (κ2) is 10.4. The smallest absolute Gasteiger partial charge is 0.0994 e. The van der Waals surface area contributed by atoms with E-state index in [0.717, 1.165) is 22.5 Å². The predicted octanol–water partition coefficient (Wildman–Crippen LogP) is 7.98. The Morgan fingerprint density at radius 1 is 0.542 bits per heavy atom. The van der Waals surface area contributed by atoms with Crippen LogP contribution in [-0.4, -0.2) is 33.1 Å². The van der Waals surface area contributed by atoms with Crippen molar-refractivity contribution in [1.29, 1.82) is 0 Å². The summed E-state index contributed by atoms with van der Waals surface area (Å²) < 4.78 is 2.33. The highest BCUT2D eigenvalue weighted by Gasteiger charge is 2.35. The molecule has 1 heterocycles. The highest BCUT2D eigenvalue weighted by atomic mass is 15.1. The molecule has 0 unspecified atom stereocenters. The van der Waals surface area contributed by atoms with Crippen molar-refractivity contribution in [2.45, 2.75) is 24.4 Å². The number of aromatic nitrogens is 2. The number of rotatable bonds is 4. The summed E-state index contributed by atoms with van der Waals surface area (Å²) in [6.45, 7) is 4.73. The number of fused-ring (bicyclic) bond motifs is 6. The molecule has 0 radical (unpaired) electrons. The van der Waals surface area contributed by atoms with Crippen LogP contribution in [0.1, 0.15) is 30.8 Å². The minimum Gasteiger partial charge on any atom is -0.298 e. The van der Waals surface area contributed by atoms with E-state index >= 15 is 0 Å². The lowest BCUT2D eigenvalue weighted by Crippen LogP contribution is -2.31. The van der Waals surface area contributed by atoms with Crippen LogP contribution in [0.4, 0.5) is 0 Å². The fraction of sp³-hybridized carbons (Fsp3) is 0.0930. The van der Waals surface area contributed by atoms with Crippen molar-refractivity contribution in [2.75, 3.05) is 0 Å². The number of hydrogen-bond acceptors (Lipinski definition) is 1. The zero-order valence-electron chi connectivity index (χ0n) is 28.2. The third-order valence-corrected chi connectivity index (χ3v) is 10.4.